The Bertz CT molecular complexity index is 245. The number of piperidine rings is 1. The molecule has 0 bridgehead atoms. The second kappa shape index (κ2) is 17.6. The van der Waals surface area contributed by atoms with Crippen LogP contribution in [0.15, 0.2) is 0 Å². The summed E-state index contributed by atoms with van der Waals surface area (Å²) in [5, 5.41) is 6.90. The summed E-state index contributed by atoms with van der Waals surface area (Å²) >= 11 is 0. The Kier molecular flexibility index (Phi) is 17.5. The maximum Gasteiger partial charge on any atom is 0.0701 e. The smallest absolute Gasteiger partial charge is 0.0701 e. The van der Waals surface area contributed by atoms with E-state index in [2.05, 4.69) is 36.3 Å². The average Bonchev–Trinajstić information content (AvgIpc) is 2.60. The van der Waals surface area contributed by atoms with Crippen molar-refractivity contribution >= 4 is 0 Å². The van der Waals surface area contributed by atoms with Crippen molar-refractivity contribution in [2.45, 2.75) is 53.5 Å². The van der Waals surface area contributed by atoms with Gasteiger partial charge in [0.15, 0.2) is 0 Å². The Hall–Kier alpha value is -0.200. The highest BCUT2D eigenvalue weighted by molar-refractivity contribution is 4.76. The molecule has 146 valence electrons. The van der Waals surface area contributed by atoms with Crippen molar-refractivity contribution in [1.29, 1.82) is 0 Å². The third-order valence-corrected chi connectivity index (χ3v) is 3.98. The van der Waals surface area contributed by atoms with Crippen molar-refractivity contribution in [1.82, 2.24) is 15.5 Å². The van der Waals surface area contributed by atoms with Crippen molar-refractivity contribution in [3.05, 3.63) is 0 Å². The molecule has 1 aliphatic heterocycles. The van der Waals surface area contributed by atoms with Crippen LogP contribution in [0.3, 0.4) is 0 Å². The predicted molar refractivity (Wildman–Crippen MR) is 104 cm³/mol. The first-order chi connectivity index (χ1) is 11.7. The SMILES string of the molecule is CC.CCNC1CCN(CCOCCOCCNCC(C)C)CC1. The summed E-state index contributed by atoms with van der Waals surface area (Å²) in [7, 11) is 0. The summed E-state index contributed by atoms with van der Waals surface area (Å²) in [4.78, 5) is 2.50. The molecule has 0 saturated carbocycles. The molecule has 1 rings (SSSR count). The first-order valence-corrected chi connectivity index (χ1v) is 10.0. The van der Waals surface area contributed by atoms with E-state index in [4.69, 9.17) is 9.47 Å². The first kappa shape index (κ1) is 23.8. The van der Waals surface area contributed by atoms with Gasteiger partial charge in [-0.2, -0.15) is 0 Å². The van der Waals surface area contributed by atoms with E-state index < -0.39 is 0 Å². The minimum absolute atomic E-state index is 0.700. The Morgan fingerprint density at radius 3 is 2.21 bits per heavy atom. The van der Waals surface area contributed by atoms with Crippen LogP contribution in [0, 0.1) is 5.92 Å². The molecule has 1 fully saturated rings. The maximum atomic E-state index is 5.65. The number of hydrogen-bond acceptors (Lipinski definition) is 5. The van der Waals surface area contributed by atoms with E-state index >= 15 is 0 Å². The van der Waals surface area contributed by atoms with E-state index in [1.807, 2.05) is 13.8 Å². The van der Waals surface area contributed by atoms with Gasteiger partial charge < -0.3 is 25.0 Å². The topological polar surface area (TPSA) is 45.8 Å². The Morgan fingerprint density at radius 2 is 1.62 bits per heavy atom. The average molecular weight is 346 g/mol. The lowest BCUT2D eigenvalue weighted by Crippen LogP contribution is -2.43. The summed E-state index contributed by atoms with van der Waals surface area (Å²) in [6.45, 7) is 20.1. The van der Waals surface area contributed by atoms with Crippen LogP contribution in [0.25, 0.3) is 0 Å². The first-order valence-electron chi connectivity index (χ1n) is 10.0. The maximum absolute atomic E-state index is 5.65. The van der Waals surface area contributed by atoms with Crippen LogP contribution in [-0.2, 0) is 9.47 Å². The van der Waals surface area contributed by atoms with Crippen LogP contribution >= 0.6 is 0 Å². The second-order valence-electron chi connectivity index (χ2n) is 6.50. The van der Waals surface area contributed by atoms with Gasteiger partial charge >= 0.3 is 0 Å². The van der Waals surface area contributed by atoms with Crippen LogP contribution in [0.5, 0.6) is 0 Å². The van der Waals surface area contributed by atoms with Gasteiger partial charge in [0, 0.05) is 19.1 Å². The highest BCUT2D eigenvalue weighted by Gasteiger charge is 2.17. The zero-order chi connectivity index (χ0) is 18.0. The fourth-order valence-corrected chi connectivity index (χ4v) is 2.70. The van der Waals surface area contributed by atoms with Gasteiger partial charge in [0.2, 0.25) is 0 Å². The van der Waals surface area contributed by atoms with Gasteiger partial charge in [-0.25, -0.2) is 0 Å². The van der Waals surface area contributed by atoms with Crippen LogP contribution in [0.4, 0.5) is 0 Å². The summed E-state index contributed by atoms with van der Waals surface area (Å²) in [6, 6.07) is 0.722. The molecule has 5 nitrogen and oxygen atoms in total. The molecule has 0 aliphatic carbocycles. The van der Waals surface area contributed by atoms with Crippen molar-refractivity contribution in [2.75, 3.05) is 65.7 Å². The van der Waals surface area contributed by atoms with Gasteiger partial charge in [0.25, 0.3) is 0 Å². The molecule has 0 spiro atoms. The van der Waals surface area contributed by atoms with E-state index in [1.54, 1.807) is 0 Å². The summed E-state index contributed by atoms with van der Waals surface area (Å²) < 4.78 is 11.2. The van der Waals surface area contributed by atoms with Crippen LogP contribution in [0.2, 0.25) is 0 Å². The van der Waals surface area contributed by atoms with Gasteiger partial charge in [-0.05, 0) is 44.9 Å². The number of nitrogens with one attached hydrogen (secondary N) is 2. The van der Waals surface area contributed by atoms with E-state index in [0.717, 1.165) is 45.4 Å². The largest absolute Gasteiger partial charge is 0.378 e. The van der Waals surface area contributed by atoms with Gasteiger partial charge in [-0.15, -0.1) is 0 Å². The lowest BCUT2D eigenvalue weighted by molar-refractivity contribution is 0.0364. The zero-order valence-corrected chi connectivity index (χ0v) is 16.9. The molecule has 2 N–H and O–H groups in total. The molecule has 0 amide bonds. The lowest BCUT2D eigenvalue weighted by atomic mass is 10.1. The van der Waals surface area contributed by atoms with Gasteiger partial charge in [-0.1, -0.05) is 34.6 Å². The highest BCUT2D eigenvalue weighted by Crippen LogP contribution is 2.09. The third kappa shape index (κ3) is 14.2. The molecule has 5 heteroatoms. The normalized spacial score (nSPS) is 16.2. The van der Waals surface area contributed by atoms with E-state index in [9.17, 15) is 0 Å². The molecule has 0 aromatic rings. The minimum Gasteiger partial charge on any atom is -0.378 e. The molecule has 0 aromatic carbocycles. The van der Waals surface area contributed by atoms with Crippen molar-refractivity contribution in [2.24, 2.45) is 5.92 Å². The molecule has 0 unspecified atom stereocenters. The van der Waals surface area contributed by atoms with Crippen molar-refractivity contribution in [3.8, 4) is 0 Å². The van der Waals surface area contributed by atoms with E-state index in [-0.39, 0.29) is 0 Å². The Labute approximate surface area is 150 Å². The minimum atomic E-state index is 0.700. The van der Waals surface area contributed by atoms with E-state index in [1.165, 1.54) is 25.9 Å². The zero-order valence-electron chi connectivity index (χ0n) is 16.9. The quantitative estimate of drug-likeness (QED) is 0.502. The fourth-order valence-electron chi connectivity index (χ4n) is 2.70. The summed E-state index contributed by atoms with van der Waals surface area (Å²) in [5.41, 5.74) is 0. The molecule has 24 heavy (non-hydrogen) atoms. The van der Waals surface area contributed by atoms with Gasteiger partial charge in [0.05, 0.1) is 26.4 Å². The molecule has 1 aliphatic rings. The Morgan fingerprint density at radius 1 is 1.00 bits per heavy atom. The molecule has 0 aromatic heterocycles. The predicted octanol–water partition coefficient (Wildman–Crippen LogP) is 2.37. The van der Waals surface area contributed by atoms with Crippen LogP contribution < -0.4 is 10.6 Å². The van der Waals surface area contributed by atoms with Gasteiger partial charge in [-0.3, -0.25) is 0 Å². The molecule has 1 saturated heterocycles. The second-order valence-corrected chi connectivity index (χ2v) is 6.50. The van der Waals surface area contributed by atoms with Crippen molar-refractivity contribution in [3.63, 3.8) is 0 Å². The Balaban J connectivity index is 0.00000254. The highest BCUT2D eigenvalue weighted by atomic mass is 16.5. The molecular formula is C19H43N3O2. The molecule has 0 radical (unpaired) electrons. The standard InChI is InChI=1S/C17H37N3O2.C2H6/c1-4-19-17-5-8-20(9-6-17)10-12-22-14-13-21-11-7-18-15-16(2)3;1-2/h16-19H,4-15H2,1-3H3;1-2H3. The number of ether oxygens (including phenoxy) is 2. The number of nitrogens with zero attached hydrogens (tertiary/aromatic N) is 1. The van der Waals surface area contributed by atoms with Crippen LogP contribution in [0.1, 0.15) is 47.5 Å². The molecule has 1 heterocycles. The number of hydrogen-bond donors (Lipinski definition) is 2. The monoisotopic (exact) mass is 345 g/mol. The number of likely N-dealkylation sites (tertiary alicyclic amines) is 1. The van der Waals surface area contributed by atoms with Crippen molar-refractivity contribution < 1.29 is 9.47 Å². The molecule has 0 atom stereocenters. The fraction of sp³-hybridized carbons (Fsp3) is 1.00. The summed E-state index contributed by atoms with van der Waals surface area (Å²) in [6.07, 6.45) is 2.53. The van der Waals surface area contributed by atoms with E-state index in [0.29, 0.717) is 19.1 Å². The van der Waals surface area contributed by atoms with Gasteiger partial charge in [0.1, 0.15) is 0 Å². The summed E-state index contributed by atoms with van der Waals surface area (Å²) in [5.74, 6) is 0.700. The number of rotatable bonds is 13. The van der Waals surface area contributed by atoms with Crippen LogP contribution in [-0.4, -0.2) is 76.6 Å². The lowest BCUT2D eigenvalue weighted by Gasteiger charge is -2.32. The molecular weight excluding hydrogens is 302 g/mol. The third-order valence-electron chi connectivity index (χ3n) is 3.98.